The molecule has 8 heteroatoms. The standard InChI is InChI=1S/C20H25ClN2O4S/c1-3-27-20-14-16(4-9-19(20)26-2)15-22-10-12-23(13-11-22)28(24,25)18-7-5-17(21)6-8-18/h4-9,14H,3,10-13,15H2,1-2H3. The highest BCUT2D eigenvalue weighted by molar-refractivity contribution is 7.89. The lowest BCUT2D eigenvalue weighted by Gasteiger charge is -2.34. The van der Waals surface area contributed by atoms with E-state index in [1.165, 1.54) is 4.31 Å². The van der Waals surface area contributed by atoms with Gasteiger partial charge >= 0.3 is 0 Å². The molecule has 0 bridgehead atoms. The Bertz CT molecular complexity index is 895. The van der Waals surface area contributed by atoms with Crippen molar-refractivity contribution in [3.05, 3.63) is 53.1 Å². The SMILES string of the molecule is CCOc1cc(CN2CCN(S(=O)(=O)c3ccc(Cl)cc3)CC2)ccc1OC. The lowest BCUT2D eigenvalue weighted by atomic mass is 10.1. The van der Waals surface area contributed by atoms with Crippen LogP contribution in [-0.2, 0) is 16.6 Å². The van der Waals surface area contributed by atoms with Gasteiger partial charge in [0.1, 0.15) is 0 Å². The van der Waals surface area contributed by atoms with Crippen LogP contribution < -0.4 is 9.47 Å². The highest BCUT2D eigenvalue weighted by Crippen LogP contribution is 2.29. The Kier molecular flexibility index (Phi) is 6.82. The Balaban J connectivity index is 1.62. The minimum Gasteiger partial charge on any atom is -0.493 e. The van der Waals surface area contributed by atoms with Crippen LogP contribution in [0.5, 0.6) is 11.5 Å². The minimum atomic E-state index is -3.49. The number of hydrogen-bond donors (Lipinski definition) is 0. The summed E-state index contributed by atoms with van der Waals surface area (Å²) in [5.41, 5.74) is 1.11. The zero-order valence-corrected chi connectivity index (χ0v) is 17.7. The molecule has 0 radical (unpaired) electrons. The maximum atomic E-state index is 12.8. The molecule has 0 aliphatic carbocycles. The molecule has 152 valence electrons. The molecule has 1 aliphatic rings. The van der Waals surface area contributed by atoms with Crippen LogP contribution in [0.25, 0.3) is 0 Å². The fraction of sp³-hybridized carbons (Fsp3) is 0.400. The third-order valence-electron chi connectivity index (χ3n) is 4.72. The molecule has 28 heavy (non-hydrogen) atoms. The molecule has 3 rings (SSSR count). The first-order valence-electron chi connectivity index (χ1n) is 9.22. The summed E-state index contributed by atoms with van der Waals surface area (Å²) in [7, 11) is -1.86. The van der Waals surface area contributed by atoms with Crippen LogP contribution in [0.2, 0.25) is 5.02 Å². The summed E-state index contributed by atoms with van der Waals surface area (Å²) in [5.74, 6) is 1.44. The predicted molar refractivity (Wildman–Crippen MR) is 110 cm³/mol. The van der Waals surface area contributed by atoms with Crippen LogP contribution in [0.4, 0.5) is 0 Å². The normalized spacial score (nSPS) is 16.1. The number of benzene rings is 2. The molecular formula is C20H25ClN2O4S. The van der Waals surface area contributed by atoms with Gasteiger partial charge in [-0.3, -0.25) is 4.90 Å². The quantitative estimate of drug-likeness (QED) is 0.682. The Morgan fingerprint density at radius 3 is 2.29 bits per heavy atom. The van der Waals surface area contributed by atoms with Crippen molar-refractivity contribution in [2.75, 3.05) is 39.9 Å². The second-order valence-electron chi connectivity index (χ2n) is 6.55. The molecule has 0 aromatic heterocycles. The molecule has 1 saturated heterocycles. The molecule has 0 amide bonds. The highest BCUT2D eigenvalue weighted by atomic mass is 35.5. The average Bonchev–Trinajstić information content (AvgIpc) is 2.69. The van der Waals surface area contributed by atoms with Gasteiger partial charge in [-0.05, 0) is 48.9 Å². The summed E-state index contributed by atoms with van der Waals surface area (Å²) in [6.45, 7) is 5.50. The molecule has 1 aliphatic heterocycles. The van der Waals surface area contributed by atoms with Crippen molar-refractivity contribution < 1.29 is 17.9 Å². The maximum Gasteiger partial charge on any atom is 0.243 e. The van der Waals surface area contributed by atoms with E-state index in [-0.39, 0.29) is 4.90 Å². The number of nitrogens with zero attached hydrogens (tertiary/aromatic N) is 2. The van der Waals surface area contributed by atoms with Gasteiger partial charge in [0.15, 0.2) is 11.5 Å². The lowest BCUT2D eigenvalue weighted by Crippen LogP contribution is -2.48. The first-order chi connectivity index (χ1) is 13.4. The minimum absolute atomic E-state index is 0.280. The zero-order chi connectivity index (χ0) is 20.1. The number of rotatable bonds is 7. The number of sulfonamides is 1. The fourth-order valence-corrected chi connectivity index (χ4v) is 4.78. The van der Waals surface area contributed by atoms with Gasteiger partial charge in [0.2, 0.25) is 10.0 Å². The number of halogens is 1. The van der Waals surface area contributed by atoms with Crippen LogP contribution in [0.3, 0.4) is 0 Å². The molecule has 1 fully saturated rings. The van der Waals surface area contributed by atoms with Crippen molar-refractivity contribution in [2.45, 2.75) is 18.4 Å². The Hall–Kier alpha value is -1.80. The Labute approximate surface area is 171 Å². The van der Waals surface area contributed by atoms with Crippen LogP contribution in [0, 0.1) is 0 Å². The molecule has 6 nitrogen and oxygen atoms in total. The van der Waals surface area contributed by atoms with E-state index in [0.717, 1.165) is 17.9 Å². The Morgan fingerprint density at radius 2 is 1.68 bits per heavy atom. The van der Waals surface area contributed by atoms with E-state index in [2.05, 4.69) is 4.90 Å². The molecule has 0 unspecified atom stereocenters. The molecule has 0 atom stereocenters. The van der Waals surface area contributed by atoms with E-state index in [1.54, 1.807) is 31.4 Å². The summed E-state index contributed by atoms with van der Waals surface area (Å²) >= 11 is 5.86. The summed E-state index contributed by atoms with van der Waals surface area (Å²) in [6, 6.07) is 12.2. The van der Waals surface area contributed by atoms with Crippen LogP contribution in [0.15, 0.2) is 47.4 Å². The van der Waals surface area contributed by atoms with E-state index in [4.69, 9.17) is 21.1 Å². The van der Waals surface area contributed by atoms with Gasteiger partial charge in [0.05, 0.1) is 18.6 Å². The number of hydrogen-bond acceptors (Lipinski definition) is 5. The van der Waals surface area contributed by atoms with Gasteiger partial charge in [0, 0.05) is 37.7 Å². The second-order valence-corrected chi connectivity index (χ2v) is 8.93. The summed E-state index contributed by atoms with van der Waals surface area (Å²) < 4.78 is 38.1. The topological polar surface area (TPSA) is 59.1 Å². The first-order valence-corrected chi connectivity index (χ1v) is 11.0. The molecule has 2 aromatic rings. The van der Waals surface area contributed by atoms with E-state index in [9.17, 15) is 8.42 Å². The largest absolute Gasteiger partial charge is 0.493 e. The zero-order valence-electron chi connectivity index (χ0n) is 16.1. The van der Waals surface area contributed by atoms with E-state index < -0.39 is 10.0 Å². The van der Waals surface area contributed by atoms with E-state index >= 15 is 0 Å². The second kappa shape index (κ2) is 9.13. The van der Waals surface area contributed by atoms with E-state index in [1.807, 2.05) is 25.1 Å². The van der Waals surface area contributed by atoms with Gasteiger partial charge in [-0.25, -0.2) is 8.42 Å². The number of ether oxygens (including phenoxy) is 2. The van der Waals surface area contributed by atoms with Crippen LogP contribution in [0.1, 0.15) is 12.5 Å². The van der Waals surface area contributed by atoms with Crippen molar-refractivity contribution in [1.82, 2.24) is 9.21 Å². The Morgan fingerprint density at radius 1 is 1.00 bits per heavy atom. The smallest absolute Gasteiger partial charge is 0.243 e. The molecule has 2 aromatic carbocycles. The van der Waals surface area contributed by atoms with Gasteiger partial charge in [-0.2, -0.15) is 4.31 Å². The summed E-state index contributed by atoms with van der Waals surface area (Å²) in [4.78, 5) is 2.52. The monoisotopic (exact) mass is 424 g/mol. The molecule has 0 spiro atoms. The van der Waals surface area contributed by atoms with Crippen molar-refractivity contribution in [1.29, 1.82) is 0 Å². The lowest BCUT2D eigenvalue weighted by molar-refractivity contribution is 0.181. The molecule has 0 saturated carbocycles. The van der Waals surface area contributed by atoms with Gasteiger partial charge < -0.3 is 9.47 Å². The van der Waals surface area contributed by atoms with Crippen molar-refractivity contribution >= 4 is 21.6 Å². The predicted octanol–water partition coefficient (Wildman–Crippen LogP) is 3.25. The first kappa shape index (κ1) is 20.9. The molecular weight excluding hydrogens is 400 g/mol. The third-order valence-corrected chi connectivity index (χ3v) is 6.88. The van der Waals surface area contributed by atoms with Crippen LogP contribution >= 0.6 is 11.6 Å². The number of methoxy groups -OCH3 is 1. The molecule has 0 N–H and O–H groups in total. The van der Waals surface area contributed by atoms with Gasteiger partial charge in [0.25, 0.3) is 0 Å². The van der Waals surface area contributed by atoms with Crippen molar-refractivity contribution in [3.8, 4) is 11.5 Å². The average molecular weight is 425 g/mol. The number of piperazine rings is 1. The summed E-state index contributed by atoms with van der Waals surface area (Å²) in [5, 5.41) is 0.523. The van der Waals surface area contributed by atoms with Gasteiger partial charge in [-0.1, -0.05) is 17.7 Å². The van der Waals surface area contributed by atoms with Crippen molar-refractivity contribution in [2.24, 2.45) is 0 Å². The summed E-state index contributed by atoms with van der Waals surface area (Å²) in [6.07, 6.45) is 0. The van der Waals surface area contributed by atoms with Crippen molar-refractivity contribution in [3.63, 3.8) is 0 Å². The fourth-order valence-electron chi connectivity index (χ4n) is 3.23. The van der Waals surface area contributed by atoms with E-state index in [0.29, 0.717) is 43.6 Å². The third kappa shape index (κ3) is 4.78. The maximum absolute atomic E-state index is 12.8. The van der Waals surface area contributed by atoms with Crippen LogP contribution in [-0.4, -0.2) is 57.5 Å². The van der Waals surface area contributed by atoms with Gasteiger partial charge in [-0.15, -0.1) is 0 Å². The molecule has 1 heterocycles. The highest BCUT2D eigenvalue weighted by Gasteiger charge is 2.28.